The van der Waals surface area contributed by atoms with Gasteiger partial charge in [0.25, 0.3) is 5.56 Å². The largest absolute Gasteiger partial charge is 0.305 e. The Labute approximate surface area is 92.2 Å². The average molecular weight is 211 g/mol. The maximum atomic E-state index is 11.4. The van der Waals surface area contributed by atoms with Crippen molar-refractivity contribution in [2.75, 3.05) is 0 Å². The number of nitriles is 1. The zero-order chi connectivity index (χ0) is 11.5. The van der Waals surface area contributed by atoms with Crippen molar-refractivity contribution < 1.29 is 0 Å². The fraction of sp³-hybridized carbons (Fsp3) is 0.0833. The molecule has 4 nitrogen and oxygen atoms in total. The molecule has 0 amide bonds. The van der Waals surface area contributed by atoms with Crippen LogP contribution < -0.4 is 5.56 Å². The highest BCUT2D eigenvalue weighted by Gasteiger charge is 2.03. The lowest BCUT2D eigenvalue weighted by molar-refractivity contribution is 1.11. The van der Waals surface area contributed by atoms with Gasteiger partial charge in [0.05, 0.1) is 6.20 Å². The van der Waals surface area contributed by atoms with Crippen molar-refractivity contribution >= 4 is 0 Å². The van der Waals surface area contributed by atoms with Crippen LogP contribution in [0.3, 0.4) is 0 Å². The number of hydrogen-bond donors (Lipinski definition) is 1. The van der Waals surface area contributed by atoms with E-state index in [9.17, 15) is 4.79 Å². The van der Waals surface area contributed by atoms with Gasteiger partial charge in [0.2, 0.25) is 0 Å². The maximum Gasteiger partial charge on any atom is 0.269 e. The Kier molecular flexibility index (Phi) is 2.52. The van der Waals surface area contributed by atoms with E-state index in [1.165, 1.54) is 6.20 Å². The van der Waals surface area contributed by atoms with Gasteiger partial charge in [-0.05, 0) is 13.0 Å². The molecule has 1 N–H and O–H groups in total. The molecule has 1 aromatic heterocycles. The van der Waals surface area contributed by atoms with Crippen LogP contribution in [-0.2, 0) is 0 Å². The minimum absolute atomic E-state index is 0.0244. The van der Waals surface area contributed by atoms with Crippen molar-refractivity contribution in [3.63, 3.8) is 0 Å². The minimum atomic E-state index is -0.408. The van der Waals surface area contributed by atoms with E-state index >= 15 is 0 Å². The fourth-order valence-electron chi connectivity index (χ4n) is 1.41. The van der Waals surface area contributed by atoms with Crippen molar-refractivity contribution in [2.24, 2.45) is 0 Å². The summed E-state index contributed by atoms with van der Waals surface area (Å²) in [5, 5.41) is 8.61. The number of nitrogens with zero attached hydrogens (tertiary/aromatic N) is 2. The average Bonchev–Trinajstić information content (AvgIpc) is 2.29. The summed E-state index contributed by atoms with van der Waals surface area (Å²) in [5.74, 6) is 0.479. The molecule has 0 atom stereocenters. The molecular weight excluding hydrogens is 202 g/mol. The maximum absolute atomic E-state index is 11.4. The van der Waals surface area contributed by atoms with Crippen LogP contribution in [0.1, 0.15) is 11.1 Å². The van der Waals surface area contributed by atoms with Crippen LogP contribution >= 0.6 is 0 Å². The standard InChI is InChI=1S/C12H9N3O/c1-8-3-2-4-9(5-8)11-14-7-10(6-13)12(16)15-11/h2-5,7H,1H3,(H,14,15,16). The van der Waals surface area contributed by atoms with E-state index in [4.69, 9.17) is 5.26 Å². The van der Waals surface area contributed by atoms with Crippen molar-refractivity contribution in [2.45, 2.75) is 6.92 Å². The van der Waals surface area contributed by atoms with Gasteiger partial charge in [-0.15, -0.1) is 0 Å². The van der Waals surface area contributed by atoms with Crippen LogP contribution in [0.25, 0.3) is 11.4 Å². The Morgan fingerprint density at radius 2 is 2.25 bits per heavy atom. The van der Waals surface area contributed by atoms with Crippen molar-refractivity contribution in [1.29, 1.82) is 5.26 Å². The van der Waals surface area contributed by atoms with E-state index in [0.29, 0.717) is 5.82 Å². The van der Waals surface area contributed by atoms with Gasteiger partial charge < -0.3 is 4.98 Å². The molecule has 0 unspecified atom stereocenters. The highest BCUT2D eigenvalue weighted by atomic mass is 16.1. The van der Waals surface area contributed by atoms with E-state index in [0.717, 1.165) is 11.1 Å². The Morgan fingerprint density at radius 3 is 2.88 bits per heavy atom. The van der Waals surface area contributed by atoms with Crippen LogP contribution in [0.15, 0.2) is 35.3 Å². The van der Waals surface area contributed by atoms with Gasteiger partial charge in [-0.25, -0.2) is 4.98 Å². The molecule has 0 aliphatic carbocycles. The van der Waals surface area contributed by atoms with Gasteiger partial charge in [0, 0.05) is 5.56 Å². The Balaban J connectivity index is 2.55. The van der Waals surface area contributed by atoms with Crippen molar-refractivity contribution in [3.8, 4) is 17.5 Å². The molecular formula is C12H9N3O. The number of aromatic nitrogens is 2. The van der Waals surface area contributed by atoms with Gasteiger partial charge in [0.15, 0.2) is 0 Å². The summed E-state index contributed by atoms with van der Waals surface area (Å²) in [6, 6.07) is 9.41. The lowest BCUT2D eigenvalue weighted by Gasteiger charge is -2.01. The van der Waals surface area contributed by atoms with E-state index in [1.54, 1.807) is 6.07 Å². The summed E-state index contributed by atoms with van der Waals surface area (Å²) in [7, 11) is 0. The van der Waals surface area contributed by atoms with Crippen LogP contribution in [0, 0.1) is 18.3 Å². The number of H-pyrrole nitrogens is 1. The summed E-state index contributed by atoms with van der Waals surface area (Å²) in [6.07, 6.45) is 1.29. The predicted molar refractivity (Wildman–Crippen MR) is 59.7 cm³/mol. The second kappa shape index (κ2) is 3.99. The molecule has 0 bridgehead atoms. The van der Waals surface area contributed by atoms with Crippen LogP contribution in [0.2, 0.25) is 0 Å². The predicted octanol–water partition coefficient (Wildman–Crippen LogP) is 1.62. The molecule has 1 heterocycles. The quantitative estimate of drug-likeness (QED) is 0.779. The molecule has 4 heteroatoms. The minimum Gasteiger partial charge on any atom is -0.305 e. The first-order chi connectivity index (χ1) is 7.70. The first-order valence-electron chi connectivity index (χ1n) is 4.77. The van der Waals surface area contributed by atoms with Gasteiger partial charge in [-0.2, -0.15) is 5.26 Å². The van der Waals surface area contributed by atoms with Crippen LogP contribution in [0.4, 0.5) is 0 Å². The molecule has 0 fully saturated rings. The second-order valence-electron chi connectivity index (χ2n) is 3.46. The zero-order valence-corrected chi connectivity index (χ0v) is 8.69. The SMILES string of the molecule is Cc1cccc(-c2ncc(C#N)c(=O)[nH]2)c1. The molecule has 16 heavy (non-hydrogen) atoms. The number of aromatic amines is 1. The summed E-state index contributed by atoms with van der Waals surface area (Å²) in [6.45, 7) is 1.96. The fourth-order valence-corrected chi connectivity index (χ4v) is 1.41. The third-order valence-electron chi connectivity index (χ3n) is 2.21. The van der Waals surface area contributed by atoms with Gasteiger partial charge in [0.1, 0.15) is 17.5 Å². The number of nitrogens with one attached hydrogen (secondary N) is 1. The molecule has 0 aliphatic heterocycles. The molecule has 2 rings (SSSR count). The number of hydrogen-bond acceptors (Lipinski definition) is 3. The number of rotatable bonds is 1. The topological polar surface area (TPSA) is 69.5 Å². The molecule has 0 saturated carbocycles. The van der Waals surface area contributed by atoms with E-state index in [1.807, 2.05) is 31.2 Å². The third kappa shape index (κ3) is 1.84. The van der Waals surface area contributed by atoms with Crippen LogP contribution in [0.5, 0.6) is 0 Å². The van der Waals surface area contributed by atoms with Gasteiger partial charge >= 0.3 is 0 Å². The van der Waals surface area contributed by atoms with Gasteiger partial charge in [-0.1, -0.05) is 23.8 Å². The highest BCUT2D eigenvalue weighted by molar-refractivity contribution is 5.55. The molecule has 2 aromatic rings. The van der Waals surface area contributed by atoms with E-state index < -0.39 is 5.56 Å². The summed E-state index contributed by atoms with van der Waals surface area (Å²) in [4.78, 5) is 18.0. The molecule has 78 valence electrons. The lowest BCUT2D eigenvalue weighted by Crippen LogP contribution is -2.12. The normalized spacial score (nSPS) is 9.75. The van der Waals surface area contributed by atoms with Gasteiger partial charge in [-0.3, -0.25) is 4.79 Å². The van der Waals surface area contributed by atoms with E-state index in [-0.39, 0.29) is 5.56 Å². The Morgan fingerprint density at radius 1 is 1.44 bits per heavy atom. The number of benzene rings is 1. The third-order valence-corrected chi connectivity index (χ3v) is 2.21. The highest BCUT2D eigenvalue weighted by Crippen LogP contribution is 2.14. The molecule has 0 aliphatic rings. The van der Waals surface area contributed by atoms with E-state index in [2.05, 4.69) is 9.97 Å². The summed E-state index contributed by atoms with van der Waals surface area (Å²) >= 11 is 0. The van der Waals surface area contributed by atoms with Crippen LogP contribution in [-0.4, -0.2) is 9.97 Å². The monoisotopic (exact) mass is 211 g/mol. The summed E-state index contributed by atoms with van der Waals surface area (Å²) in [5.41, 5.74) is 1.54. The zero-order valence-electron chi connectivity index (χ0n) is 8.69. The second-order valence-corrected chi connectivity index (χ2v) is 3.46. The Bertz CT molecular complexity index is 623. The molecule has 0 spiro atoms. The van der Waals surface area contributed by atoms with Crippen molar-refractivity contribution in [3.05, 3.63) is 51.9 Å². The first-order valence-corrected chi connectivity index (χ1v) is 4.77. The number of aryl methyl sites for hydroxylation is 1. The molecule has 1 aromatic carbocycles. The lowest BCUT2D eigenvalue weighted by atomic mass is 10.1. The first kappa shape index (κ1) is 10.1. The molecule has 0 radical (unpaired) electrons. The molecule has 0 saturated heterocycles. The summed E-state index contributed by atoms with van der Waals surface area (Å²) < 4.78 is 0. The van der Waals surface area contributed by atoms with Crippen molar-refractivity contribution in [1.82, 2.24) is 9.97 Å². The Hall–Kier alpha value is -2.41. The smallest absolute Gasteiger partial charge is 0.269 e.